The minimum atomic E-state index is -4.42. The van der Waals surface area contributed by atoms with E-state index in [0.29, 0.717) is 21.8 Å². The highest BCUT2D eigenvalue weighted by atomic mass is 35.5. The number of carbonyl (C=O) groups excluding carboxylic acids is 2. The summed E-state index contributed by atoms with van der Waals surface area (Å²) in [5.74, 6) is -1.61. The molecule has 3 aromatic carbocycles. The first kappa shape index (κ1) is 23.0. The van der Waals surface area contributed by atoms with Crippen LogP contribution in [0.1, 0.15) is 15.9 Å². The molecule has 0 saturated heterocycles. The molecule has 0 aliphatic carbocycles. The number of hydrogen-bond acceptors (Lipinski definition) is 5. The SMILES string of the molecule is NC(=O)c1c(N)c(-c2ccccc2)cc(/C=C/C(=O)Nc2ccc(Cl)cc2)c1S(N)(=O)=O. The van der Waals surface area contributed by atoms with Gasteiger partial charge in [0.15, 0.2) is 0 Å². The molecule has 32 heavy (non-hydrogen) atoms. The van der Waals surface area contributed by atoms with Gasteiger partial charge in [-0.3, -0.25) is 9.59 Å². The molecule has 0 radical (unpaired) electrons. The minimum Gasteiger partial charge on any atom is -0.398 e. The van der Waals surface area contributed by atoms with Crippen molar-refractivity contribution in [1.82, 2.24) is 0 Å². The molecule has 10 heteroatoms. The molecule has 3 rings (SSSR count). The fourth-order valence-corrected chi connectivity index (χ4v) is 4.19. The Bertz CT molecular complexity index is 1320. The third-order valence-corrected chi connectivity index (χ3v) is 5.75. The van der Waals surface area contributed by atoms with Crippen LogP contribution in [0.25, 0.3) is 17.2 Å². The molecule has 0 bridgehead atoms. The van der Waals surface area contributed by atoms with Crippen LogP contribution in [0.4, 0.5) is 11.4 Å². The van der Waals surface area contributed by atoms with Gasteiger partial charge in [-0.2, -0.15) is 0 Å². The van der Waals surface area contributed by atoms with Gasteiger partial charge in [0.05, 0.1) is 11.3 Å². The first-order valence-corrected chi connectivity index (χ1v) is 11.1. The van der Waals surface area contributed by atoms with Gasteiger partial charge in [0.1, 0.15) is 4.90 Å². The second kappa shape index (κ2) is 9.23. The van der Waals surface area contributed by atoms with Crippen LogP contribution >= 0.6 is 11.6 Å². The van der Waals surface area contributed by atoms with Gasteiger partial charge in [0.2, 0.25) is 15.9 Å². The number of primary sulfonamides is 1. The van der Waals surface area contributed by atoms with Crippen LogP contribution < -0.4 is 21.9 Å². The zero-order valence-electron chi connectivity index (χ0n) is 16.6. The third-order valence-electron chi connectivity index (χ3n) is 4.49. The summed E-state index contributed by atoms with van der Waals surface area (Å²) in [5, 5.41) is 8.48. The molecule has 164 valence electrons. The molecule has 8 nitrogen and oxygen atoms in total. The van der Waals surface area contributed by atoms with Gasteiger partial charge in [-0.25, -0.2) is 13.6 Å². The number of halogens is 1. The van der Waals surface area contributed by atoms with Gasteiger partial charge >= 0.3 is 0 Å². The van der Waals surface area contributed by atoms with Crippen molar-refractivity contribution in [3.63, 3.8) is 0 Å². The van der Waals surface area contributed by atoms with Gasteiger partial charge in [0, 0.05) is 22.3 Å². The fourth-order valence-electron chi connectivity index (χ4n) is 3.11. The smallest absolute Gasteiger partial charge is 0.252 e. The summed E-state index contributed by atoms with van der Waals surface area (Å²) in [7, 11) is -4.42. The van der Waals surface area contributed by atoms with E-state index in [-0.39, 0.29) is 11.3 Å². The van der Waals surface area contributed by atoms with Crippen molar-refractivity contribution in [1.29, 1.82) is 0 Å². The molecule has 0 atom stereocenters. The molecule has 0 heterocycles. The molecular formula is C22H19ClN4O4S. The predicted molar refractivity (Wildman–Crippen MR) is 125 cm³/mol. The zero-order valence-corrected chi connectivity index (χ0v) is 18.2. The molecule has 0 aliphatic heterocycles. The molecular weight excluding hydrogens is 452 g/mol. The molecule has 0 aromatic heterocycles. The maximum Gasteiger partial charge on any atom is 0.252 e. The lowest BCUT2D eigenvalue weighted by atomic mass is 9.96. The fraction of sp³-hybridized carbons (Fsp3) is 0. The van der Waals surface area contributed by atoms with Crippen LogP contribution in [-0.2, 0) is 14.8 Å². The van der Waals surface area contributed by atoms with Gasteiger partial charge < -0.3 is 16.8 Å². The number of sulfonamides is 1. The van der Waals surface area contributed by atoms with Crippen molar-refractivity contribution >= 4 is 50.9 Å². The lowest BCUT2D eigenvalue weighted by molar-refractivity contribution is -0.111. The van der Waals surface area contributed by atoms with E-state index in [1.54, 1.807) is 54.6 Å². The number of carbonyl (C=O) groups is 2. The highest BCUT2D eigenvalue weighted by molar-refractivity contribution is 7.89. The Labute approximate surface area is 189 Å². The molecule has 0 spiro atoms. The third kappa shape index (κ3) is 5.14. The number of nitrogen functional groups attached to an aromatic ring is 1. The summed E-state index contributed by atoms with van der Waals surface area (Å²) >= 11 is 5.82. The van der Waals surface area contributed by atoms with Crippen molar-refractivity contribution in [2.45, 2.75) is 4.90 Å². The quantitative estimate of drug-likeness (QED) is 0.321. The Morgan fingerprint density at radius 1 is 1.00 bits per heavy atom. The standard InChI is InChI=1S/C22H19ClN4O4S/c23-15-7-9-16(10-8-15)27-18(28)11-6-14-12-17(13-4-2-1-3-5-13)20(24)19(22(25)29)21(14)32(26,30)31/h1-12H,24H2,(H2,25,29)(H,27,28)(H2,26,30,31)/b11-6+. The predicted octanol–water partition coefficient (Wildman–Crippen LogP) is 2.99. The highest BCUT2D eigenvalue weighted by Crippen LogP contribution is 2.35. The van der Waals surface area contributed by atoms with E-state index in [9.17, 15) is 18.0 Å². The first-order valence-electron chi connectivity index (χ1n) is 9.17. The number of amides is 2. The number of primary amides is 1. The summed E-state index contributed by atoms with van der Waals surface area (Å²) in [6, 6.07) is 16.6. The van der Waals surface area contributed by atoms with E-state index in [1.165, 1.54) is 12.1 Å². The minimum absolute atomic E-state index is 0.0133. The van der Waals surface area contributed by atoms with Gasteiger partial charge in [0.25, 0.3) is 5.91 Å². The number of hydrogen-bond donors (Lipinski definition) is 4. The van der Waals surface area contributed by atoms with Gasteiger partial charge in [-0.15, -0.1) is 0 Å². The van der Waals surface area contributed by atoms with Crippen LogP contribution in [0.3, 0.4) is 0 Å². The monoisotopic (exact) mass is 470 g/mol. The molecule has 0 unspecified atom stereocenters. The average Bonchev–Trinajstić information content (AvgIpc) is 2.73. The molecule has 7 N–H and O–H groups in total. The highest BCUT2D eigenvalue weighted by Gasteiger charge is 2.26. The van der Waals surface area contributed by atoms with Crippen LogP contribution in [-0.4, -0.2) is 20.2 Å². The summed E-state index contributed by atoms with van der Waals surface area (Å²) in [6.07, 6.45) is 2.33. The molecule has 0 fully saturated rings. The molecule has 0 aliphatic rings. The second-order valence-electron chi connectivity index (χ2n) is 6.74. The van der Waals surface area contributed by atoms with Gasteiger partial charge in [-0.1, -0.05) is 41.9 Å². The van der Waals surface area contributed by atoms with Crippen molar-refractivity contribution in [2.75, 3.05) is 11.1 Å². The topological polar surface area (TPSA) is 158 Å². The van der Waals surface area contributed by atoms with Crippen LogP contribution in [0.2, 0.25) is 5.02 Å². The Hall–Kier alpha value is -3.66. The van der Waals surface area contributed by atoms with Crippen molar-refractivity contribution in [3.05, 3.63) is 82.9 Å². The largest absolute Gasteiger partial charge is 0.398 e. The summed E-state index contributed by atoms with van der Waals surface area (Å²) < 4.78 is 24.6. The van der Waals surface area contributed by atoms with Crippen molar-refractivity contribution < 1.29 is 18.0 Å². The van der Waals surface area contributed by atoms with E-state index >= 15 is 0 Å². The molecule has 2 amide bonds. The Balaban J connectivity index is 2.13. The van der Waals surface area contributed by atoms with E-state index in [4.69, 9.17) is 28.2 Å². The number of rotatable bonds is 6. The number of anilines is 2. The summed E-state index contributed by atoms with van der Waals surface area (Å²) in [5.41, 5.74) is 12.4. The average molecular weight is 471 g/mol. The van der Waals surface area contributed by atoms with E-state index in [1.807, 2.05) is 0 Å². The van der Waals surface area contributed by atoms with E-state index in [2.05, 4.69) is 5.32 Å². The lowest BCUT2D eigenvalue weighted by Crippen LogP contribution is -2.24. The number of nitrogens with one attached hydrogen (secondary N) is 1. The maximum atomic E-state index is 12.3. The lowest BCUT2D eigenvalue weighted by Gasteiger charge is -2.16. The summed E-state index contributed by atoms with van der Waals surface area (Å²) in [4.78, 5) is 23.9. The van der Waals surface area contributed by atoms with Gasteiger partial charge in [-0.05, 0) is 47.5 Å². The number of benzene rings is 3. The Morgan fingerprint density at radius 2 is 1.62 bits per heavy atom. The zero-order chi connectivity index (χ0) is 23.5. The van der Waals surface area contributed by atoms with E-state index < -0.39 is 32.3 Å². The number of nitrogens with two attached hydrogens (primary N) is 3. The van der Waals surface area contributed by atoms with Crippen molar-refractivity contribution in [2.24, 2.45) is 10.9 Å². The second-order valence-corrected chi connectivity index (χ2v) is 8.67. The maximum absolute atomic E-state index is 12.3. The summed E-state index contributed by atoms with van der Waals surface area (Å²) in [6.45, 7) is 0. The van der Waals surface area contributed by atoms with Crippen LogP contribution in [0.5, 0.6) is 0 Å². The van der Waals surface area contributed by atoms with Crippen molar-refractivity contribution in [3.8, 4) is 11.1 Å². The first-order chi connectivity index (χ1) is 15.1. The Kier molecular flexibility index (Phi) is 6.64. The Morgan fingerprint density at radius 3 is 2.19 bits per heavy atom. The molecule has 0 saturated carbocycles. The van der Waals surface area contributed by atoms with Crippen LogP contribution in [0, 0.1) is 0 Å². The normalized spacial score (nSPS) is 11.4. The van der Waals surface area contributed by atoms with Crippen LogP contribution in [0.15, 0.2) is 71.6 Å². The molecule has 3 aromatic rings. The van der Waals surface area contributed by atoms with E-state index in [0.717, 1.165) is 6.08 Å².